The lowest BCUT2D eigenvalue weighted by Crippen LogP contribution is -2.35. The normalized spacial score (nSPS) is 11.1. The molecule has 2 aromatic carbocycles. The number of sulfonamides is 1. The Morgan fingerprint density at radius 2 is 1.67 bits per heavy atom. The Balaban J connectivity index is 2.03. The number of rotatable bonds is 9. The van der Waals surface area contributed by atoms with Gasteiger partial charge in [-0.3, -0.25) is 9.10 Å². The van der Waals surface area contributed by atoms with E-state index in [0.29, 0.717) is 24.6 Å². The van der Waals surface area contributed by atoms with Crippen LogP contribution in [-0.2, 0) is 21.4 Å². The fourth-order valence-corrected chi connectivity index (χ4v) is 3.62. The lowest BCUT2D eigenvalue weighted by molar-refractivity contribution is -0.130. The summed E-state index contributed by atoms with van der Waals surface area (Å²) in [6.45, 7) is 3.00. The van der Waals surface area contributed by atoms with Crippen molar-refractivity contribution in [2.45, 2.75) is 19.9 Å². The van der Waals surface area contributed by atoms with Crippen molar-refractivity contribution in [2.75, 3.05) is 30.8 Å². The van der Waals surface area contributed by atoms with Crippen molar-refractivity contribution in [2.24, 2.45) is 0 Å². The summed E-state index contributed by atoms with van der Waals surface area (Å²) in [5, 5.41) is 0. The predicted molar refractivity (Wildman–Crippen MR) is 107 cm³/mol. The second kappa shape index (κ2) is 9.41. The first kappa shape index (κ1) is 20.8. The molecule has 7 heteroatoms. The standard InChI is InChI=1S/C20H26N2O4S/c1-4-26-19-12-10-18(11-13-19)22(27(3,24)25)15-14-20(23)21(2)16-17-8-6-5-7-9-17/h5-13H,4,14-16H2,1-3H3. The van der Waals surface area contributed by atoms with Gasteiger partial charge >= 0.3 is 0 Å². The summed E-state index contributed by atoms with van der Waals surface area (Å²) >= 11 is 0. The maximum absolute atomic E-state index is 12.4. The summed E-state index contributed by atoms with van der Waals surface area (Å²) in [7, 11) is -1.78. The van der Waals surface area contributed by atoms with E-state index in [1.165, 1.54) is 4.31 Å². The second-order valence-electron chi connectivity index (χ2n) is 6.25. The zero-order valence-electron chi connectivity index (χ0n) is 16.0. The van der Waals surface area contributed by atoms with Crippen LogP contribution in [0.2, 0.25) is 0 Å². The molecule has 0 saturated heterocycles. The molecule has 146 valence electrons. The molecule has 0 aliphatic carbocycles. The first-order valence-electron chi connectivity index (χ1n) is 8.79. The number of hydrogen-bond acceptors (Lipinski definition) is 4. The molecule has 27 heavy (non-hydrogen) atoms. The van der Waals surface area contributed by atoms with Crippen LogP contribution in [-0.4, -0.2) is 45.7 Å². The third kappa shape index (κ3) is 6.29. The van der Waals surface area contributed by atoms with E-state index in [2.05, 4.69) is 0 Å². The van der Waals surface area contributed by atoms with Crippen molar-refractivity contribution in [3.05, 3.63) is 60.2 Å². The monoisotopic (exact) mass is 390 g/mol. The van der Waals surface area contributed by atoms with Crippen molar-refractivity contribution in [3.63, 3.8) is 0 Å². The van der Waals surface area contributed by atoms with E-state index in [9.17, 15) is 13.2 Å². The average Bonchev–Trinajstić information content (AvgIpc) is 2.63. The number of ether oxygens (including phenoxy) is 1. The largest absolute Gasteiger partial charge is 0.494 e. The van der Waals surface area contributed by atoms with Crippen molar-refractivity contribution in [3.8, 4) is 5.75 Å². The van der Waals surface area contributed by atoms with Gasteiger partial charge in [0.15, 0.2) is 0 Å². The third-order valence-corrected chi connectivity index (χ3v) is 5.25. The molecule has 0 saturated carbocycles. The van der Waals surface area contributed by atoms with Gasteiger partial charge in [0.25, 0.3) is 0 Å². The van der Waals surface area contributed by atoms with Gasteiger partial charge in [-0.25, -0.2) is 8.42 Å². The molecule has 0 spiro atoms. The lowest BCUT2D eigenvalue weighted by Gasteiger charge is -2.24. The molecule has 2 aromatic rings. The van der Waals surface area contributed by atoms with Gasteiger partial charge in [-0.1, -0.05) is 30.3 Å². The molecule has 0 aromatic heterocycles. The summed E-state index contributed by atoms with van der Waals surface area (Å²) in [4.78, 5) is 14.0. The summed E-state index contributed by atoms with van der Waals surface area (Å²) in [5.74, 6) is 0.562. The zero-order valence-corrected chi connectivity index (χ0v) is 16.8. The Morgan fingerprint density at radius 3 is 2.22 bits per heavy atom. The highest BCUT2D eigenvalue weighted by molar-refractivity contribution is 7.92. The number of hydrogen-bond donors (Lipinski definition) is 0. The number of anilines is 1. The number of carbonyl (C=O) groups excluding carboxylic acids is 1. The minimum atomic E-state index is -3.50. The Bertz CT molecular complexity index is 836. The van der Waals surface area contributed by atoms with Crippen LogP contribution >= 0.6 is 0 Å². The van der Waals surface area contributed by atoms with Crippen LogP contribution in [0.15, 0.2) is 54.6 Å². The van der Waals surface area contributed by atoms with Crippen LogP contribution in [0.4, 0.5) is 5.69 Å². The van der Waals surface area contributed by atoms with Crippen molar-refractivity contribution in [1.82, 2.24) is 4.90 Å². The quantitative estimate of drug-likeness (QED) is 0.660. The highest BCUT2D eigenvalue weighted by Gasteiger charge is 2.20. The van der Waals surface area contributed by atoms with Crippen LogP contribution in [0, 0.1) is 0 Å². The maximum atomic E-state index is 12.4. The summed E-state index contributed by atoms with van der Waals surface area (Å²) < 4.78 is 31.0. The molecule has 0 heterocycles. The Hall–Kier alpha value is -2.54. The Labute approximate surface area is 161 Å². The van der Waals surface area contributed by atoms with Crippen molar-refractivity contribution >= 4 is 21.6 Å². The summed E-state index contributed by atoms with van der Waals surface area (Å²) in [6.07, 6.45) is 1.24. The van der Waals surface area contributed by atoms with Gasteiger partial charge in [0.1, 0.15) is 5.75 Å². The van der Waals surface area contributed by atoms with E-state index in [1.54, 1.807) is 36.2 Å². The van der Waals surface area contributed by atoms with Crippen LogP contribution < -0.4 is 9.04 Å². The molecule has 0 fully saturated rings. The summed E-state index contributed by atoms with van der Waals surface area (Å²) in [6, 6.07) is 16.5. The molecule has 2 rings (SSSR count). The van der Waals surface area contributed by atoms with Gasteiger partial charge in [0.05, 0.1) is 18.6 Å². The van der Waals surface area contributed by atoms with E-state index >= 15 is 0 Å². The molecule has 0 unspecified atom stereocenters. The fourth-order valence-electron chi connectivity index (χ4n) is 2.70. The van der Waals surface area contributed by atoms with Gasteiger partial charge < -0.3 is 9.64 Å². The molecular formula is C20H26N2O4S. The molecule has 0 radical (unpaired) electrons. The van der Waals surface area contributed by atoms with Crippen LogP contribution in [0.5, 0.6) is 5.75 Å². The molecule has 0 atom stereocenters. The number of benzene rings is 2. The van der Waals surface area contributed by atoms with E-state index < -0.39 is 10.0 Å². The van der Waals surface area contributed by atoms with E-state index in [4.69, 9.17) is 4.74 Å². The first-order valence-corrected chi connectivity index (χ1v) is 10.6. The van der Waals surface area contributed by atoms with E-state index in [-0.39, 0.29) is 18.9 Å². The van der Waals surface area contributed by atoms with Gasteiger partial charge in [0.2, 0.25) is 15.9 Å². The molecule has 0 bridgehead atoms. The Kier molecular flexibility index (Phi) is 7.24. The second-order valence-corrected chi connectivity index (χ2v) is 8.15. The topological polar surface area (TPSA) is 66.9 Å². The maximum Gasteiger partial charge on any atom is 0.232 e. The number of nitrogens with zero attached hydrogens (tertiary/aromatic N) is 2. The van der Waals surface area contributed by atoms with Gasteiger partial charge in [-0.2, -0.15) is 0 Å². The van der Waals surface area contributed by atoms with Gasteiger partial charge in [0, 0.05) is 26.6 Å². The van der Waals surface area contributed by atoms with Crippen LogP contribution in [0.3, 0.4) is 0 Å². The average molecular weight is 391 g/mol. The van der Waals surface area contributed by atoms with Gasteiger partial charge in [-0.05, 0) is 36.8 Å². The minimum Gasteiger partial charge on any atom is -0.494 e. The smallest absolute Gasteiger partial charge is 0.232 e. The number of amides is 1. The van der Waals surface area contributed by atoms with Crippen LogP contribution in [0.25, 0.3) is 0 Å². The summed E-state index contributed by atoms with van der Waals surface area (Å²) in [5.41, 5.74) is 1.54. The van der Waals surface area contributed by atoms with Crippen molar-refractivity contribution < 1.29 is 17.9 Å². The molecule has 1 amide bonds. The van der Waals surface area contributed by atoms with E-state index in [1.807, 2.05) is 37.3 Å². The first-order chi connectivity index (χ1) is 12.8. The molecule has 6 nitrogen and oxygen atoms in total. The SMILES string of the molecule is CCOc1ccc(N(CCC(=O)N(C)Cc2ccccc2)S(C)(=O)=O)cc1. The number of carbonyl (C=O) groups is 1. The third-order valence-electron chi connectivity index (χ3n) is 4.05. The molecular weight excluding hydrogens is 364 g/mol. The predicted octanol–water partition coefficient (Wildman–Crippen LogP) is 2.90. The minimum absolute atomic E-state index is 0.0881. The Morgan fingerprint density at radius 1 is 1.04 bits per heavy atom. The fraction of sp³-hybridized carbons (Fsp3) is 0.350. The van der Waals surface area contributed by atoms with Crippen LogP contribution in [0.1, 0.15) is 18.9 Å². The highest BCUT2D eigenvalue weighted by atomic mass is 32.2. The molecule has 0 aliphatic rings. The highest BCUT2D eigenvalue weighted by Crippen LogP contribution is 2.22. The van der Waals surface area contributed by atoms with Crippen molar-refractivity contribution in [1.29, 1.82) is 0 Å². The molecule has 0 aliphatic heterocycles. The lowest BCUT2D eigenvalue weighted by atomic mass is 10.2. The zero-order chi connectivity index (χ0) is 19.9. The molecule has 0 N–H and O–H groups in total. The van der Waals surface area contributed by atoms with E-state index in [0.717, 1.165) is 11.8 Å². The van der Waals surface area contributed by atoms with Gasteiger partial charge in [-0.15, -0.1) is 0 Å².